The second-order valence-electron chi connectivity index (χ2n) is 3.77. The van der Waals surface area contributed by atoms with Gasteiger partial charge in [0.25, 0.3) is 0 Å². The number of rotatable bonds is 8. The Hall–Kier alpha value is -0.310. The van der Waals surface area contributed by atoms with E-state index in [0.717, 1.165) is 12.2 Å². The molecular weight excluding hydrogens is 350 g/mol. The van der Waals surface area contributed by atoms with Gasteiger partial charge in [-0.25, -0.2) is 18.1 Å². The van der Waals surface area contributed by atoms with Crippen molar-refractivity contribution < 1.29 is 8.42 Å². The molecule has 0 aliphatic carbocycles. The van der Waals surface area contributed by atoms with Gasteiger partial charge in [0.05, 0.1) is 0 Å². The minimum absolute atomic E-state index is 0.174. The van der Waals surface area contributed by atoms with Crippen molar-refractivity contribution in [3.8, 4) is 0 Å². The fourth-order valence-electron chi connectivity index (χ4n) is 1.43. The molecule has 1 aromatic rings. The number of anilines is 1. The Kier molecular flexibility index (Phi) is 7.12. The van der Waals surface area contributed by atoms with E-state index in [4.69, 9.17) is 0 Å². The van der Waals surface area contributed by atoms with Crippen molar-refractivity contribution in [2.75, 3.05) is 30.4 Å². The molecule has 1 aromatic heterocycles. The Labute approximate surface area is 127 Å². The highest BCUT2D eigenvalue weighted by Gasteiger charge is 2.19. The van der Waals surface area contributed by atoms with Gasteiger partial charge in [-0.2, -0.15) is 11.8 Å². The van der Waals surface area contributed by atoms with Gasteiger partial charge in [0.15, 0.2) is 0 Å². The molecule has 0 saturated carbocycles. The molecule has 8 heteroatoms. The Bertz CT molecular complexity index is 509. The molecule has 5 nitrogen and oxygen atoms in total. The first-order valence-electron chi connectivity index (χ1n) is 5.89. The molecule has 0 atom stereocenters. The molecular formula is C11H18BrN3O2S2. The van der Waals surface area contributed by atoms with Crippen molar-refractivity contribution in [1.29, 1.82) is 0 Å². The highest BCUT2D eigenvalue weighted by Crippen LogP contribution is 2.22. The molecule has 1 heterocycles. The maximum atomic E-state index is 12.2. The number of sulfonamides is 1. The van der Waals surface area contributed by atoms with E-state index in [2.05, 4.69) is 31.0 Å². The van der Waals surface area contributed by atoms with Crippen LogP contribution in [0.1, 0.15) is 13.3 Å². The van der Waals surface area contributed by atoms with Crippen LogP contribution in [0.4, 0.5) is 5.82 Å². The van der Waals surface area contributed by atoms with Crippen LogP contribution >= 0.6 is 27.7 Å². The van der Waals surface area contributed by atoms with Gasteiger partial charge in [-0.3, -0.25) is 0 Å². The smallest absolute Gasteiger partial charge is 0.244 e. The number of pyridine rings is 1. The summed E-state index contributed by atoms with van der Waals surface area (Å²) in [6, 6.07) is 1.56. The third-order valence-corrected chi connectivity index (χ3v) is 4.88. The maximum absolute atomic E-state index is 12.2. The van der Waals surface area contributed by atoms with Crippen LogP contribution in [0.15, 0.2) is 21.6 Å². The second kappa shape index (κ2) is 8.08. The molecule has 19 heavy (non-hydrogen) atoms. The summed E-state index contributed by atoms with van der Waals surface area (Å²) in [5.41, 5.74) is 0. The number of hydrogen-bond acceptors (Lipinski definition) is 5. The van der Waals surface area contributed by atoms with E-state index in [1.807, 2.05) is 13.2 Å². The van der Waals surface area contributed by atoms with Crippen LogP contribution in [-0.2, 0) is 10.0 Å². The van der Waals surface area contributed by atoms with Crippen LogP contribution < -0.4 is 10.0 Å². The summed E-state index contributed by atoms with van der Waals surface area (Å²) in [6.07, 6.45) is 4.37. The first-order chi connectivity index (χ1) is 9.01. The van der Waals surface area contributed by atoms with Crippen molar-refractivity contribution in [1.82, 2.24) is 9.71 Å². The number of halogens is 1. The fraction of sp³-hybridized carbons (Fsp3) is 0.545. The summed E-state index contributed by atoms with van der Waals surface area (Å²) in [6.45, 7) is 2.94. The van der Waals surface area contributed by atoms with E-state index >= 15 is 0 Å². The third-order valence-electron chi connectivity index (χ3n) is 2.27. The summed E-state index contributed by atoms with van der Waals surface area (Å²) in [4.78, 5) is 4.27. The Balaban J connectivity index is 2.89. The van der Waals surface area contributed by atoms with Crippen molar-refractivity contribution in [2.45, 2.75) is 18.2 Å². The standard InChI is InChI=1S/C11H18BrN3O2S2/c1-3-13-11-10(7-9(12)8-14-11)19(16,17)15-5-4-6-18-2/h7-8,15H,3-6H2,1-2H3,(H,13,14). The molecule has 0 aliphatic heterocycles. The average Bonchev–Trinajstić information content (AvgIpc) is 2.37. The molecule has 1 rings (SSSR count). The van der Waals surface area contributed by atoms with Crippen LogP contribution in [0.2, 0.25) is 0 Å². The van der Waals surface area contributed by atoms with Gasteiger partial charge in [-0.1, -0.05) is 0 Å². The first-order valence-corrected chi connectivity index (χ1v) is 9.56. The number of nitrogens with zero attached hydrogens (tertiary/aromatic N) is 1. The van der Waals surface area contributed by atoms with Crippen LogP contribution in [0.5, 0.6) is 0 Å². The second-order valence-corrected chi connectivity index (χ2v) is 7.41. The van der Waals surface area contributed by atoms with E-state index in [1.54, 1.807) is 24.0 Å². The molecule has 0 saturated heterocycles. The largest absolute Gasteiger partial charge is 0.369 e. The van der Waals surface area contributed by atoms with E-state index in [9.17, 15) is 8.42 Å². The van der Waals surface area contributed by atoms with Crippen LogP contribution in [0.3, 0.4) is 0 Å². The molecule has 108 valence electrons. The van der Waals surface area contributed by atoms with E-state index in [1.165, 1.54) is 0 Å². The van der Waals surface area contributed by atoms with Gasteiger partial charge >= 0.3 is 0 Å². The summed E-state index contributed by atoms with van der Waals surface area (Å²) in [7, 11) is -3.53. The maximum Gasteiger partial charge on any atom is 0.244 e. The lowest BCUT2D eigenvalue weighted by Gasteiger charge is -2.11. The SMILES string of the molecule is CCNc1ncc(Br)cc1S(=O)(=O)NCCCSC. The normalized spacial score (nSPS) is 11.5. The van der Waals surface area contributed by atoms with Gasteiger partial charge in [-0.05, 0) is 47.3 Å². The average molecular weight is 368 g/mol. The van der Waals surface area contributed by atoms with Crippen LogP contribution in [-0.4, -0.2) is 38.5 Å². The lowest BCUT2D eigenvalue weighted by molar-refractivity contribution is 0.581. The van der Waals surface area contributed by atoms with Crippen molar-refractivity contribution in [3.05, 3.63) is 16.7 Å². The third kappa shape index (κ3) is 5.29. The summed E-state index contributed by atoms with van der Waals surface area (Å²) in [5, 5.41) is 2.96. The van der Waals surface area contributed by atoms with Gasteiger partial charge < -0.3 is 5.32 Å². The number of hydrogen-bond donors (Lipinski definition) is 2. The van der Waals surface area contributed by atoms with E-state index < -0.39 is 10.0 Å². The molecule has 0 bridgehead atoms. The zero-order chi connectivity index (χ0) is 14.3. The van der Waals surface area contributed by atoms with Gasteiger partial charge in [0, 0.05) is 23.8 Å². The molecule has 0 aliphatic rings. The Morgan fingerprint density at radius 2 is 2.21 bits per heavy atom. The molecule has 0 fully saturated rings. The van der Waals surface area contributed by atoms with Crippen molar-refractivity contribution in [3.63, 3.8) is 0 Å². The minimum Gasteiger partial charge on any atom is -0.369 e. The molecule has 0 aromatic carbocycles. The van der Waals surface area contributed by atoms with E-state index in [-0.39, 0.29) is 4.90 Å². The van der Waals surface area contributed by atoms with Crippen molar-refractivity contribution in [2.24, 2.45) is 0 Å². The molecule has 0 radical (unpaired) electrons. The van der Waals surface area contributed by atoms with Crippen LogP contribution in [0, 0.1) is 0 Å². The molecule has 2 N–H and O–H groups in total. The van der Waals surface area contributed by atoms with Gasteiger partial charge in [0.2, 0.25) is 10.0 Å². The predicted octanol–water partition coefficient (Wildman–Crippen LogP) is 2.31. The highest BCUT2D eigenvalue weighted by molar-refractivity contribution is 9.10. The monoisotopic (exact) mass is 367 g/mol. The summed E-state index contributed by atoms with van der Waals surface area (Å²) in [5.74, 6) is 1.31. The lowest BCUT2D eigenvalue weighted by atomic mass is 10.4. The quantitative estimate of drug-likeness (QED) is 0.689. The highest BCUT2D eigenvalue weighted by atomic mass is 79.9. The molecule has 0 amide bonds. The van der Waals surface area contributed by atoms with Gasteiger partial charge in [-0.15, -0.1) is 0 Å². The molecule has 0 unspecified atom stereocenters. The summed E-state index contributed by atoms with van der Waals surface area (Å²) < 4.78 is 27.7. The van der Waals surface area contributed by atoms with Crippen molar-refractivity contribution >= 4 is 43.5 Å². The number of thioether (sulfide) groups is 1. The number of nitrogens with one attached hydrogen (secondary N) is 2. The van der Waals surface area contributed by atoms with Gasteiger partial charge in [0.1, 0.15) is 10.7 Å². The Morgan fingerprint density at radius 3 is 2.84 bits per heavy atom. The zero-order valence-corrected chi connectivity index (χ0v) is 14.2. The van der Waals surface area contributed by atoms with Crippen LogP contribution in [0.25, 0.3) is 0 Å². The van der Waals surface area contributed by atoms with E-state index in [0.29, 0.717) is 23.4 Å². The number of aromatic nitrogens is 1. The summed E-state index contributed by atoms with van der Waals surface area (Å²) >= 11 is 4.94. The predicted molar refractivity (Wildman–Crippen MR) is 84.3 cm³/mol. The fourth-order valence-corrected chi connectivity index (χ4v) is 3.57. The zero-order valence-electron chi connectivity index (χ0n) is 10.9. The minimum atomic E-state index is -3.53. The molecule has 0 spiro atoms. The first kappa shape index (κ1) is 16.7. The Morgan fingerprint density at radius 1 is 1.47 bits per heavy atom. The topological polar surface area (TPSA) is 71.1 Å². The lowest BCUT2D eigenvalue weighted by Crippen LogP contribution is -2.26.